The summed E-state index contributed by atoms with van der Waals surface area (Å²) < 4.78 is 13.6. The molecule has 0 spiro atoms. The normalized spacial score (nSPS) is 10.9. The van der Waals surface area contributed by atoms with Gasteiger partial charge in [-0.25, -0.2) is 0 Å². The highest BCUT2D eigenvalue weighted by Gasteiger charge is 2.15. The second-order valence-corrected chi connectivity index (χ2v) is 10.7. The topological polar surface area (TPSA) is 51.4 Å². The lowest BCUT2D eigenvalue weighted by Gasteiger charge is -2.13. The quantitative estimate of drug-likeness (QED) is 0.123. The Bertz CT molecular complexity index is 1070. The molecule has 38 heavy (non-hydrogen) atoms. The third-order valence-electron chi connectivity index (χ3n) is 6.82. The maximum atomic E-state index is 13.1. The average Bonchev–Trinajstić information content (AvgIpc) is 3.45. The minimum Gasteiger partial charge on any atom is -0.493 e. The van der Waals surface area contributed by atoms with E-state index in [1.807, 2.05) is 59.6 Å². The smallest absolute Gasteiger partial charge is 0.256 e. The molecule has 5 nitrogen and oxygen atoms in total. The van der Waals surface area contributed by atoms with E-state index in [4.69, 9.17) is 9.47 Å². The fourth-order valence-corrected chi connectivity index (χ4v) is 5.21. The Labute approximate surface area is 233 Å². The van der Waals surface area contributed by atoms with Gasteiger partial charge in [0.15, 0.2) is 24.2 Å². The first kappa shape index (κ1) is 29.7. The van der Waals surface area contributed by atoms with Crippen molar-refractivity contribution in [2.24, 2.45) is 0 Å². The van der Waals surface area contributed by atoms with E-state index in [1.165, 1.54) is 70.6 Å². The van der Waals surface area contributed by atoms with Crippen LogP contribution < -0.4 is 19.4 Å². The number of carbonyl (C=O) groups is 1. The van der Waals surface area contributed by atoms with E-state index in [1.54, 1.807) is 18.4 Å². The van der Waals surface area contributed by atoms with E-state index in [2.05, 4.69) is 16.8 Å². The van der Waals surface area contributed by atoms with Crippen molar-refractivity contribution in [2.45, 2.75) is 90.5 Å². The molecule has 3 aromatic rings. The number of methoxy groups -OCH3 is 1. The molecule has 0 bridgehead atoms. The monoisotopic (exact) mass is 537 g/mol. The minimum absolute atomic E-state index is 0.136. The summed E-state index contributed by atoms with van der Waals surface area (Å²) in [6.07, 6.45) is 17.9. The Morgan fingerprint density at radius 3 is 2.21 bits per heavy atom. The number of hydrogen-bond donors (Lipinski definition) is 1. The summed E-state index contributed by atoms with van der Waals surface area (Å²) in [5.74, 6) is 1.20. The van der Waals surface area contributed by atoms with Crippen molar-refractivity contribution in [1.29, 1.82) is 0 Å². The van der Waals surface area contributed by atoms with Crippen molar-refractivity contribution in [1.82, 2.24) is 0 Å². The van der Waals surface area contributed by atoms with E-state index in [0.717, 1.165) is 12.0 Å². The van der Waals surface area contributed by atoms with Crippen LogP contribution in [0.25, 0.3) is 0 Å². The standard InChI is InChI=1S/C32H44N2O3S/c1-3-4-5-6-7-8-9-10-11-12-13-16-22-37-30-20-19-28(24-31(30)36-2)33-32(35)29-18-15-14-17-27(29)25-34-21-23-38-26-34/h14-15,17-21,23-24,26H,3-13,16,22,25H2,1-2H3/p+1. The van der Waals surface area contributed by atoms with E-state index in [9.17, 15) is 4.79 Å². The van der Waals surface area contributed by atoms with Crippen LogP contribution in [0.4, 0.5) is 5.69 Å². The van der Waals surface area contributed by atoms with Gasteiger partial charge in [0.05, 0.1) is 19.1 Å². The first-order valence-corrected chi connectivity index (χ1v) is 15.3. The molecule has 1 aromatic heterocycles. The van der Waals surface area contributed by atoms with E-state index in [-0.39, 0.29) is 5.91 Å². The molecule has 0 aliphatic rings. The number of rotatable bonds is 19. The molecule has 0 saturated heterocycles. The molecule has 0 atom stereocenters. The lowest BCUT2D eigenvalue weighted by Crippen LogP contribution is -2.32. The van der Waals surface area contributed by atoms with Gasteiger partial charge in [-0.2, -0.15) is 4.57 Å². The predicted octanol–water partition coefficient (Wildman–Crippen LogP) is 8.42. The van der Waals surface area contributed by atoms with Crippen molar-refractivity contribution in [2.75, 3.05) is 19.0 Å². The Morgan fingerprint density at radius 2 is 1.55 bits per heavy atom. The van der Waals surface area contributed by atoms with Gasteiger partial charge < -0.3 is 14.8 Å². The second-order valence-electron chi connectivity index (χ2n) is 9.91. The van der Waals surface area contributed by atoms with Crippen LogP contribution in [-0.2, 0) is 6.54 Å². The van der Waals surface area contributed by atoms with Crippen LogP contribution in [0.3, 0.4) is 0 Å². The van der Waals surface area contributed by atoms with Crippen LogP contribution in [0.5, 0.6) is 11.5 Å². The number of amides is 1. The van der Waals surface area contributed by atoms with Crippen LogP contribution in [0, 0.1) is 0 Å². The van der Waals surface area contributed by atoms with Crippen molar-refractivity contribution in [3.05, 3.63) is 70.7 Å². The van der Waals surface area contributed by atoms with Crippen LogP contribution in [0.1, 0.15) is 99.9 Å². The van der Waals surface area contributed by atoms with E-state index < -0.39 is 0 Å². The lowest BCUT2D eigenvalue weighted by atomic mass is 10.1. The molecule has 0 fully saturated rings. The Kier molecular flexibility index (Phi) is 13.8. The Morgan fingerprint density at radius 1 is 0.868 bits per heavy atom. The van der Waals surface area contributed by atoms with Crippen molar-refractivity contribution >= 4 is 22.9 Å². The molecule has 0 aliphatic heterocycles. The van der Waals surface area contributed by atoms with Gasteiger partial charge in [-0.1, -0.05) is 107 Å². The number of anilines is 1. The average molecular weight is 538 g/mol. The van der Waals surface area contributed by atoms with Crippen LogP contribution in [0.2, 0.25) is 0 Å². The van der Waals surface area contributed by atoms with E-state index in [0.29, 0.717) is 35.9 Å². The van der Waals surface area contributed by atoms with Gasteiger partial charge in [-0.05, 0) is 24.6 Å². The number of ether oxygens (including phenoxy) is 2. The van der Waals surface area contributed by atoms with Crippen LogP contribution in [-0.4, -0.2) is 19.6 Å². The number of hydrogen-bond acceptors (Lipinski definition) is 4. The fraction of sp³-hybridized carbons (Fsp3) is 0.500. The van der Waals surface area contributed by atoms with Crippen molar-refractivity contribution in [3.8, 4) is 11.5 Å². The highest BCUT2D eigenvalue weighted by atomic mass is 32.1. The molecular formula is C32H45N2O3S+. The number of carbonyl (C=O) groups excluding carboxylic acids is 1. The van der Waals surface area contributed by atoms with Gasteiger partial charge in [-0.3, -0.25) is 4.79 Å². The summed E-state index contributed by atoms with van der Waals surface area (Å²) in [5.41, 5.74) is 4.36. The van der Waals surface area contributed by atoms with Gasteiger partial charge in [0.25, 0.3) is 5.91 Å². The third-order valence-corrected chi connectivity index (χ3v) is 7.49. The van der Waals surface area contributed by atoms with Crippen molar-refractivity contribution < 1.29 is 18.8 Å². The van der Waals surface area contributed by atoms with Gasteiger partial charge in [0.1, 0.15) is 0 Å². The molecule has 1 heterocycles. The molecule has 0 aliphatic carbocycles. The molecule has 3 rings (SSSR count). The fourth-order valence-electron chi connectivity index (χ4n) is 4.62. The van der Waals surface area contributed by atoms with E-state index >= 15 is 0 Å². The largest absolute Gasteiger partial charge is 0.493 e. The molecule has 0 saturated carbocycles. The highest BCUT2D eigenvalue weighted by molar-refractivity contribution is 7.07. The summed E-state index contributed by atoms with van der Waals surface area (Å²) in [6.45, 7) is 3.60. The number of unbranched alkanes of at least 4 members (excludes halogenated alkanes) is 11. The minimum atomic E-state index is -0.136. The molecule has 1 amide bonds. The number of thiazole rings is 1. The third kappa shape index (κ3) is 10.5. The Balaban J connectivity index is 1.38. The molecule has 1 N–H and O–H groups in total. The summed E-state index contributed by atoms with van der Waals surface area (Å²) in [4.78, 5) is 13.1. The summed E-state index contributed by atoms with van der Waals surface area (Å²) in [5, 5.41) is 5.04. The second kappa shape index (κ2) is 17.6. The van der Waals surface area contributed by atoms with Gasteiger partial charge in [-0.15, -0.1) is 0 Å². The maximum Gasteiger partial charge on any atom is 0.256 e. The maximum absolute atomic E-state index is 13.1. The van der Waals surface area contributed by atoms with Gasteiger partial charge in [0, 0.05) is 22.9 Å². The van der Waals surface area contributed by atoms with Crippen molar-refractivity contribution in [3.63, 3.8) is 0 Å². The predicted molar refractivity (Wildman–Crippen MR) is 158 cm³/mol. The summed E-state index contributed by atoms with van der Waals surface area (Å²) in [7, 11) is 1.63. The molecular weight excluding hydrogens is 492 g/mol. The zero-order valence-corrected chi connectivity index (χ0v) is 24.1. The lowest BCUT2D eigenvalue weighted by molar-refractivity contribution is -0.683. The number of nitrogens with one attached hydrogen (secondary N) is 1. The number of aromatic nitrogens is 1. The zero-order valence-electron chi connectivity index (χ0n) is 23.3. The zero-order chi connectivity index (χ0) is 26.8. The Hall–Kier alpha value is -2.86. The highest BCUT2D eigenvalue weighted by Crippen LogP contribution is 2.31. The first-order chi connectivity index (χ1) is 18.7. The molecule has 0 unspecified atom stereocenters. The SMILES string of the molecule is CCCCCCCCCCCCCCOc1ccc(NC(=O)c2ccccc2C[n+]2ccsc2)cc1OC. The molecule has 206 valence electrons. The first-order valence-electron chi connectivity index (χ1n) is 14.3. The number of benzene rings is 2. The van der Waals surface area contributed by atoms with Gasteiger partial charge in [0.2, 0.25) is 5.51 Å². The van der Waals surface area contributed by atoms with Crippen LogP contribution >= 0.6 is 11.3 Å². The van der Waals surface area contributed by atoms with Gasteiger partial charge >= 0.3 is 0 Å². The van der Waals surface area contributed by atoms with Crippen LogP contribution in [0.15, 0.2) is 59.6 Å². The number of nitrogens with zero attached hydrogens (tertiary/aromatic N) is 1. The molecule has 6 heteroatoms. The molecule has 2 aromatic carbocycles. The summed E-state index contributed by atoms with van der Waals surface area (Å²) in [6, 6.07) is 13.3. The molecule has 0 radical (unpaired) electrons. The summed E-state index contributed by atoms with van der Waals surface area (Å²) >= 11 is 1.63.